The van der Waals surface area contributed by atoms with E-state index in [0.717, 1.165) is 11.3 Å². The first-order chi connectivity index (χ1) is 11.9. The van der Waals surface area contributed by atoms with Crippen molar-refractivity contribution in [3.05, 3.63) is 59.8 Å². The highest BCUT2D eigenvalue weighted by Crippen LogP contribution is 2.20. The lowest BCUT2D eigenvalue weighted by atomic mass is 10.2. The van der Waals surface area contributed by atoms with E-state index in [1.165, 1.54) is 12.1 Å². The lowest BCUT2D eigenvalue weighted by molar-refractivity contribution is 0.294. The number of nitrogens with zero attached hydrogens (tertiary/aromatic N) is 1. The van der Waals surface area contributed by atoms with Crippen LogP contribution in [-0.4, -0.2) is 36.0 Å². The second-order valence-corrected chi connectivity index (χ2v) is 8.66. The predicted octanol–water partition coefficient (Wildman–Crippen LogP) is 2.48. The van der Waals surface area contributed by atoms with Crippen molar-refractivity contribution in [3.63, 3.8) is 0 Å². The van der Waals surface area contributed by atoms with E-state index >= 15 is 0 Å². The molecule has 0 aliphatic carbocycles. The molecule has 1 aliphatic rings. The van der Waals surface area contributed by atoms with Crippen molar-refractivity contribution in [2.75, 3.05) is 11.5 Å². The Morgan fingerprint density at radius 2 is 2.08 bits per heavy atom. The summed E-state index contributed by atoms with van der Waals surface area (Å²) < 4.78 is 42.0. The Morgan fingerprint density at radius 3 is 2.68 bits per heavy atom. The highest BCUT2D eigenvalue weighted by molar-refractivity contribution is 7.91. The van der Waals surface area contributed by atoms with E-state index in [1.807, 2.05) is 11.0 Å². The molecule has 1 aromatic heterocycles. The molecular weight excluding hydrogens is 363 g/mol. The fourth-order valence-corrected chi connectivity index (χ4v) is 4.86. The number of furan rings is 1. The van der Waals surface area contributed by atoms with Gasteiger partial charge in [-0.2, -0.15) is 0 Å². The quantitative estimate of drug-likeness (QED) is 0.802. The van der Waals surface area contributed by atoms with Gasteiger partial charge in [-0.1, -0.05) is 12.1 Å². The number of halogens is 1. The van der Waals surface area contributed by atoms with Gasteiger partial charge in [-0.3, -0.25) is 0 Å². The maximum absolute atomic E-state index is 13.0. The molecule has 1 fully saturated rings. The first kappa shape index (κ1) is 17.9. The van der Waals surface area contributed by atoms with Crippen molar-refractivity contribution in [1.82, 2.24) is 10.2 Å². The molecule has 0 spiro atoms. The van der Waals surface area contributed by atoms with Crippen LogP contribution in [0.4, 0.5) is 4.39 Å². The summed E-state index contributed by atoms with van der Waals surface area (Å²) in [7, 11) is -3.03. The summed E-state index contributed by atoms with van der Waals surface area (Å²) in [5.41, 5.74) is 0.890. The van der Waals surface area contributed by atoms with Crippen molar-refractivity contribution >= 4 is 27.2 Å². The largest absolute Gasteiger partial charge is 0.467 e. The number of nitrogens with one attached hydrogen (secondary N) is 1. The Labute approximate surface area is 151 Å². The number of hydrogen-bond donors (Lipinski definition) is 1. The van der Waals surface area contributed by atoms with Crippen LogP contribution in [0.3, 0.4) is 0 Å². The minimum Gasteiger partial charge on any atom is -0.467 e. The van der Waals surface area contributed by atoms with Crippen LogP contribution < -0.4 is 5.32 Å². The van der Waals surface area contributed by atoms with Gasteiger partial charge in [0.05, 0.1) is 24.3 Å². The van der Waals surface area contributed by atoms with E-state index in [-0.39, 0.29) is 23.4 Å². The van der Waals surface area contributed by atoms with E-state index in [1.54, 1.807) is 24.5 Å². The van der Waals surface area contributed by atoms with E-state index in [2.05, 4.69) is 5.32 Å². The third-order valence-electron chi connectivity index (χ3n) is 4.17. The monoisotopic (exact) mass is 382 g/mol. The molecule has 5 nitrogen and oxygen atoms in total. The summed E-state index contributed by atoms with van der Waals surface area (Å²) in [6.45, 7) is 0.843. The maximum atomic E-state index is 13.0. The van der Waals surface area contributed by atoms with E-state index in [4.69, 9.17) is 16.6 Å². The van der Waals surface area contributed by atoms with Crippen LogP contribution in [-0.2, 0) is 22.9 Å². The fourth-order valence-electron chi connectivity index (χ4n) is 2.84. The van der Waals surface area contributed by atoms with Crippen molar-refractivity contribution in [1.29, 1.82) is 0 Å². The van der Waals surface area contributed by atoms with E-state index < -0.39 is 9.84 Å². The van der Waals surface area contributed by atoms with Gasteiger partial charge in [0.25, 0.3) is 0 Å². The van der Waals surface area contributed by atoms with Crippen LogP contribution in [0.25, 0.3) is 0 Å². The number of benzene rings is 1. The molecular formula is C17H19FN2O3S2. The van der Waals surface area contributed by atoms with Gasteiger partial charge < -0.3 is 14.6 Å². The molecule has 0 radical (unpaired) electrons. The summed E-state index contributed by atoms with van der Waals surface area (Å²) in [5.74, 6) is 0.691. The standard InChI is InChI=1S/C17H19FN2O3S2/c18-14-5-3-13(4-6-14)10-19-17(24)20(11-16-2-1-8-23-16)15-7-9-25(21,22)12-15/h1-6,8,15H,7,9-12H2,(H,19,24)/t15-/m0/s1. The van der Waals surface area contributed by atoms with Crippen LogP contribution in [0.5, 0.6) is 0 Å². The van der Waals surface area contributed by atoms with E-state index in [9.17, 15) is 12.8 Å². The third kappa shape index (κ3) is 4.79. The van der Waals surface area contributed by atoms with Crippen LogP contribution in [0.15, 0.2) is 47.1 Å². The lowest BCUT2D eigenvalue weighted by Gasteiger charge is -2.30. The molecule has 0 saturated carbocycles. The summed E-state index contributed by atoms with van der Waals surface area (Å²) in [4.78, 5) is 1.86. The van der Waals surface area contributed by atoms with Gasteiger partial charge in [-0.25, -0.2) is 12.8 Å². The number of thiocarbonyl (C=S) groups is 1. The van der Waals surface area contributed by atoms with Crippen LogP contribution in [0, 0.1) is 5.82 Å². The molecule has 0 bridgehead atoms. The van der Waals surface area contributed by atoms with Crippen molar-refractivity contribution in [2.45, 2.75) is 25.6 Å². The van der Waals surface area contributed by atoms with Gasteiger partial charge in [-0.05, 0) is 48.5 Å². The average molecular weight is 382 g/mol. The highest BCUT2D eigenvalue weighted by Gasteiger charge is 2.33. The topological polar surface area (TPSA) is 62.6 Å². The molecule has 3 rings (SSSR count). The molecule has 1 atom stereocenters. The van der Waals surface area contributed by atoms with Gasteiger partial charge in [-0.15, -0.1) is 0 Å². The Balaban J connectivity index is 1.69. The third-order valence-corrected chi connectivity index (χ3v) is 6.30. The van der Waals surface area contributed by atoms with Crippen LogP contribution in [0.2, 0.25) is 0 Å². The predicted molar refractivity (Wildman–Crippen MR) is 97.1 cm³/mol. The Morgan fingerprint density at radius 1 is 1.32 bits per heavy atom. The van der Waals surface area contributed by atoms with Crippen LogP contribution in [0.1, 0.15) is 17.7 Å². The van der Waals surface area contributed by atoms with Gasteiger partial charge in [0.2, 0.25) is 0 Å². The summed E-state index contributed by atoms with van der Waals surface area (Å²) in [6.07, 6.45) is 2.12. The zero-order valence-corrected chi connectivity index (χ0v) is 15.2. The minimum absolute atomic E-state index is 0.0894. The summed E-state index contributed by atoms with van der Waals surface area (Å²) >= 11 is 5.49. The van der Waals surface area contributed by atoms with E-state index in [0.29, 0.717) is 24.6 Å². The molecule has 8 heteroatoms. The van der Waals surface area contributed by atoms with Crippen molar-refractivity contribution in [3.8, 4) is 0 Å². The molecule has 1 saturated heterocycles. The molecule has 1 aromatic carbocycles. The van der Waals surface area contributed by atoms with Crippen molar-refractivity contribution < 1.29 is 17.2 Å². The lowest BCUT2D eigenvalue weighted by Crippen LogP contribution is -2.45. The highest BCUT2D eigenvalue weighted by atomic mass is 32.2. The Hall–Kier alpha value is -1.93. The first-order valence-electron chi connectivity index (χ1n) is 7.95. The molecule has 2 heterocycles. The number of hydrogen-bond acceptors (Lipinski definition) is 4. The average Bonchev–Trinajstić information content (AvgIpc) is 3.21. The number of rotatable bonds is 5. The second kappa shape index (κ2) is 7.53. The smallest absolute Gasteiger partial charge is 0.169 e. The second-order valence-electron chi connectivity index (χ2n) is 6.05. The molecule has 1 N–H and O–H groups in total. The summed E-state index contributed by atoms with van der Waals surface area (Å²) in [6, 6.07) is 9.59. The normalized spacial score (nSPS) is 18.8. The van der Waals surface area contributed by atoms with Gasteiger partial charge >= 0.3 is 0 Å². The molecule has 0 amide bonds. The van der Waals surface area contributed by atoms with Gasteiger partial charge in [0.15, 0.2) is 14.9 Å². The summed E-state index contributed by atoms with van der Waals surface area (Å²) in [5, 5.41) is 3.59. The fraction of sp³-hybridized carbons (Fsp3) is 0.353. The zero-order valence-electron chi connectivity index (χ0n) is 13.5. The minimum atomic E-state index is -3.03. The molecule has 0 unspecified atom stereocenters. The Kier molecular flexibility index (Phi) is 5.39. The SMILES string of the molecule is O=S1(=O)CC[C@H](N(Cc2ccco2)C(=S)NCc2ccc(F)cc2)C1. The zero-order chi connectivity index (χ0) is 17.9. The molecule has 134 valence electrons. The Bertz CT molecular complexity index is 820. The molecule has 1 aliphatic heterocycles. The van der Waals surface area contributed by atoms with Crippen molar-refractivity contribution in [2.24, 2.45) is 0 Å². The van der Waals surface area contributed by atoms with Gasteiger partial charge in [0.1, 0.15) is 11.6 Å². The molecule has 25 heavy (non-hydrogen) atoms. The van der Waals surface area contributed by atoms with Gasteiger partial charge in [0, 0.05) is 12.6 Å². The first-order valence-corrected chi connectivity index (χ1v) is 10.2. The van der Waals surface area contributed by atoms with Crippen LogP contribution >= 0.6 is 12.2 Å². The maximum Gasteiger partial charge on any atom is 0.169 e. The molecule has 2 aromatic rings. The number of sulfone groups is 1.